The zero-order valence-electron chi connectivity index (χ0n) is 11.2. The van der Waals surface area contributed by atoms with E-state index in [-0.39, 0.29) is 12.5 Å². The van der Waals surface area contributed by atoms with Crippen LogP contribution in [0.15, 0.2) is 0 Å². The largest absolute Gasteiger partial charge is 0.481 e. The van der Waals surface area contributed by atoms with Gasteiger partial charge >= 0.3 is 5.97 Å². The Bertz CT molecular complexity index is 320. The van der Waals surface area contributed by atoms with Crippen molar-refractivity contribution in [2.45, 2.75) is 32.4 Å². The fourth-order valence-corrected chi connectivity index (χ4v) is 1.20. The van der Waals surface area contributed by atoms with Crippen molar-refractivity contribution in [2.24, 2.45) is 5.73 Å². The summed E-state index contributed by atoms with van der Waals surface area (Å²) in [7, 11) is 0. The van der Waals surface area contributed by atoms with Crippen LogP contribution in [0.4, 0.5) is 0 Å². The molecule has 0 bridgehead atoms. The Balaban J connectivity index is 3.72. The lowest BCUT2D eigenvalue weighted by Gasteiger charge is -2.11. The van der Waals surface area contributed by atoms with Gasteiger partial charge in [-0.15, -0.1) is 0 Å². The van der Waals surface area contributed by atoms with Crippen LogP contribution in [0.2, 0.25) is 0 Å². The van der Waals surface area contributed by atoms with Gasteiger partial charge < -0.3 is 26.8 Å². The van der Waals surface area contributed by atoms with Crippen LogP contribution in [-0.4, -0.2) is 54.6 Å². The van der Waals surface area contributed by atoms with E-state index >= 15 is 0 Å². The molecule has 8 nitrogen and oxygen atoms in total. The molecule has 0 fully saturated rings. The van der Waals surface area contributed by atoms with Crippen LogP contribution in [0, 0.1) is 0 Å². The molecule has 19 heavy (non-hydrogen) atoms. The number of nitrogens with two attached hydrogens (primary N) is 1. The van der Waals surface area contributed by atoms with E-state index in [9.17, 15) is 14.4 Å². The highest BCUT2D eigenvalue weighted by atomic mass is 16.4. The fourth-order valence-electron chi connectivity index (χ4n) is 1.20. The lowest BCUT2D eigenvalue weighted by Crippen LogP contribution is -2.46. The van der Waals surface area contributed by atoms with E-state index in [1.54, 1.807) is 0 Å². The topological polar surface area (TPSA) is 134 Å². The van der Waals surface area contributed by atoms with E-state index in [4.69, 9.17) is 10.8 Å². The molecule has 1 unspecified atom stereocenters. The monoisotopic (exact) mass is 274 g/mol. The minimum absolute atomic E-state index is 0.214. The van der Waals surface area contributed by atoms with Gasteiger partial charge in [-0.1, -0.05) is 13.8 Å². The highest BCUT2D eigenvalue weighted by molar-refractivity contribution is 5.89. The van der Waals surface area contributed by atoms with Gasteiger partial charge in [0, 0.05) is 19.1 Å². The summed E-state index contributed by atoms with van der Waals surface area (Å²) in [6, 6.07) is -0.807. The third-order valence-corrected chi connectivity index (χ3v) is 2.15. The molecule has 0 aliphatic heterocycles. The van der Waals surface area contributed by atoms with E-state index in [1.807, 2.05) is 13.8 Å². The Morgan fingerprint density at radius 1 is 1.16 bits per heavy atom. The SMILES string of the molecule is CC(C)NCCNC(=O)CNC(=O)C(N)CC(=O)O. The Morgan fingerprint density at radius 3 is 2.32 bits per heavy atom. The summed E-state index contributed by atoms with van der Waals surface area (Å²) in [5.74, 6) is -2.16. The quantitative estimate of drug-likeness (QED) is 0.309. The zero-order chi connectivity index (χ0) is 14.8. The van der Waals surface area contributed by atoms with E-state index in [0.717, 1.165) is 0 Å². The summed E-state index contributed by atoms with van der Waals surface area (Å²) in [5, 5.41) is 16.4. The van der Waals surface area contributed by atoms with Crippen molar-refractivity contribution < 1.29 is 19.5 Å². The number of carboxylic acids is 1. The molecular weight excluding hydrogens is 252 g/mol. The average Bonchev–Trinajstić information content (AvgIpc) is 2.30. The van der Waals surface area contributed by atoms with Gasteiger partial charge in [0.1, 0.15) is 0 Å². The van der Waals surface area contributed by atoms with Crippen LogP contribution in [0.3, 0.4) is 0 Å². The molecule has 2 amide bonds. The van der Waals surface area contributed by atoms with Gasteiger partial charge in [-0.25, -0.2) is 0 Å². The standard InChI is InChI=1S/C11H22N4O4/c1-7(2)13-3-4-14-9(16)6-15-11(19)8(12)5-10(17)18/h7-8,13H,3-6,12H2,1-2H3,(H,14,16)(H,15,19)(H,17,18). The first-order valence-electron chi connectivity index (χ1n) is 6.08. The minimum Gasteiger partial charge on any atom is -0.481 e. The second-order valence-electron chi connectivity index (χ2n) is 4.38. The predicted octanol–water partition coefficient (Wildman–Crippen LogP) is -1.98. The maximum absolute atomic E-state index is 11.3. The van der Waals surface area contributed by atoms with E-state index in [0.29, 0.717) is 19.1 Å². The molecule has 0 aliphatic carbocycles. The summed E-state index contributed by atoms with van der Waals surface area (Å²) in [5.41, 5.74) is 5.32. The van der Waals surface area contributed by atoms with Crippen LogP contribution in [0.1, 0.15) is 20.3 Å². The molecular formula is C11H22N4O4. The molecule has 6 N–H and O–H groups in total. The lowest BCUT2D eigenvalue weighted by atomic mass is 10.2. The third kappa shape index (κ3) is 9.98. The molecule has 8 heteroatoms. The van der Waals surface area contributed by atoms with Gasteiger partial charge in [0.2, 0.25) is 11.8 Å². The van der Waals surface area contributed by atoms with Crippen molar-refractivity contribution in [1.82, 2.24) is 16.0 Å². The molecule has 0 aromatic heterocycles. The number of hydrogen-bond donors (Lipinski definition) is 5. The van der Waals surface area contributed by atoms with Gasteiger partial charge in [-0.2, -0.15) is 0 Å². The maximum atomic E-state index is 11.3. The van der Waals surface area contributed by atoms with Crippen molar-refractivity contribution in [3.63, 3.8) is 0 Å². The van der Waals surface area contributed by atoms with E-state index in [2.05, 4.69) is 16.0 Å². The first-order valence-corrected chi connectivity index (χ1v) is 6.08. The van der Waals surface area contributed by atoms with Crippen molar-refractivity contribution in [1.29, 1.82) is 0 Å². The molecule has 0 saturated carbocycles. The second kappa shape index (κ2) is 9.29. The number of carboxylic acid groups (broad SMARTS) is 1. The van der Waals surface area contributed by atoms with Gasteiger partial charge in [0.05, 0.1) is 19.0 Å². The predicted molar refractivity (Wildman–Crippen MR) is 69.4 cm³/mol. The second-order valence-corrected chi connectivity index (χ2v) is 4.38. The number of aliphatic carboxylic acids is 1. The number of carbonyl (C=O) groups is 3. The number of hydrogen-bond acceptors (Lipinski definition) is 5. The Hall–Kier alpha value is -1.67. The molecule has 0 spiro atoms. The maximum Gasteiger partial charge on any atom is 0.305 e. The van der Waals surface area contributed by atoms with Gasteiger partial charge in [0.25, 0.3) is 0 Å². The first kappa shape index (κ1) is 17.3. The van der Waals surface area contributed by atoms with E-state index in [1.165, 1.54) is 0 Å². The van der Waals surface area contributed by atoms with E-state index < -0.39 is 24.3 Å². The zero-order valence-corrected chi connectivity index (χ0v) is 11.2. The highest BCUT2D eigenvalue weighted by Crippen LogP contribution is 1.87. The molecule has 0 saturated heterocycles. The first-order chi connectivity index (χ1) is 8.82. The summed E-state index contributed by atoms with van der Waals surface area (Å²) in [4.78, 5) is 33.0. The molecule has 0 heterocycles. The van der Waals surface area contributed by atoms with Crippen LogP contribution in [0.25, 0.3) is 0 Å². The van der Waals surface area contributed by atoms with Gasteiger partial charge in [-0.3, -0.25) is 14.4 Å². The Labute approximate surface area is 112 Å². The van der Waals surface area contributed by atoms with Crippen LogP contribution < -0.4 is 21.7 Å². The fraction of sp³-hybridized carbons (Fsp3) is 0.727. The highest BCUT2D eigenvalue weighted by Gasteiger charge is 2.17. The molecule has 0 aliphatic rings. The average molecular weight is 274 g/mol. The summed E-state index contributed by atoms with van der Waals surface area (Å²) in [6.07, 6.45) is -0.467. The molecule has 0 rings (SSSR count). The summed E-state index contributed by atoms with van der Waals surface area (Å²) in [6.45, 7) is 4.86. The van der Waals surface area contributed by atoms with Crippen molar-refractivity contribution in [3.05, 3.63) is 0 Å². The van der Waals surface area contributed by atoms with Crippen molar-refractivity contribution in [3.8, 4) is 0 Å². The minimum atomic E-state index is -1.16. The molecule has 0 aromatic rings. The molecule has 110 valence electrons. The smallest absolute Gasteiger partial charge is 0.305 e. The lowest BCUT2D eigenvalue weighted by molar-refractivity contribution is -0.139. The number of nitrogens with one attached hydrogen (secondary N) is 3. The molecule has 0 radical (unpaired) electrons. The Morgan fingerprint density at radius 2 is 1.79 bits per heavy atom. The van der Waals surface area contributed by atoms with Crippen molar-refractivity contribution >= 4 is 17.8 Å². The number of amides is 2. The molecule has 1 atom stereocenters. The number of rotatable bonds is 9. The third-order valence-electron chi connectivity index (χ3n) is 2.15. The number of carbonyl (C=O) groups excluding carboxylic acids is 2. The van der Waals surface area contributed by atoms with Crippen LogP contribution in [0.5, 0.6) is 0 Å². The van der Waals surface area contributed by atoms with Gasteiger partial charge in [-0.05, 0) is 0 Å². The van der Waals surface area contributed by atoms with Crippen LogP contribution in [-0.2, 0) is 14.4 Å². The molecule has 0 aromatic carbocycles. The normalized spacial score (nSPS) is 12.0. The summed E-state index contributed by atoms with van der Waals surface area (Å²) < 4.78 is 0. The van der Waals surface area contributed by atoms with Crippen LogP contribution >= 0.6 is 0 Å². The van der Waals surface area contributed by atoms with Crippen molar-refractivity contribution in [2.75, 3.05) is 19.6 Å². The Kier molecular flexibility index (Phi) is 8.47. The van der Waals surface area contributed by atoms with Gasteiger partial charge in [0.15, 0.2) is 0 Å². The summed E-state index contributed by atoms with van der Waals surface area (Å²) >= 11 is 0.